The third kappa shape index (κ3) is 5.71. The fourth-order valence-corrected chi connectivity index (χ4v) is 6.06. The van der Waals surface area contributed by atoms with Crippen LogP contribution in [0.2, 0.25) is 0 Å². The number of hydrogen-bond donors (Lipinski definition) is 2. The predicted octanol–water partition coefficient (Wildman–Crippen LogP) is 5.57. The molecular formula is C28H26N4O4S2. The smallest absolute Gasteiger partial charge is 0.291 e. The molecule has 0 bridgehead atoms. The van der Waals surface area contributed by atoms with E-state index in [1.165, 1.54) is 9.80 Å². The fraction of sp³-hybridized carbons (Fsp3) is 0.214. The molecule has 4 amide bonds. The van der Waals surface area contributed by atoms with Gasteiger partial charge in [-0.3, -0.25) is 29.0 Å². The molecule has 0 spiro atoms. The summed E-state index contributed by atoms with van der Waals surface area (Å²) in [5.74, 6) is -0.578. The predicted molar refractivity (Wildman–Crippen MR) is 151 cm³/mol. The van der Waals surface area contributed by atoms with Crippen LogP contribution in [-0.2, 0) is 22.7 Å². The second-order valence-corrected chi connectivity index (χ2v) is 11.3. The van der Waals surface area contributed by atoms with Gasteiger partial charge in [0.15, 0.2) is 10.7 Å². The third-order valence-corrected chi connectivity index (χ3v) is 8.15. The molecule has 8 nitrogen and oxygen atoms in total. The van der Waals surface area contributed by atoms with Crippen molar-refractivity contribution in [3.63, 3.8) is 0 Å². The number of rotatable bonds is 8. The summed E-state index contributed by atoms with van der Waals surface area (Å²) in [6, 6.07) is 22.5. The van der Waals surface area contributed by atoms with Gasteiger partial charge in [-0.25, -0.2) is 0 Å². The van der Waals surface area contributed by atoms with Crippen LogP contribution in [0.4, 0.5) is 21.0 Å². The highest BCUT2D eigenvalue weighted by atomic mass is 32.2. The number of anilines is 2. The number of nitrogens with one attached hydrogen (secondary N) is 2. The molecule has 3 aromatic carbocycles. The highest BCUT2D eigenvalue weighted by Gasteiger charge is 2.41. The van der Waals surface area contributed by atoms with E-state index in [1.54, 1.807) is 0 Å². The van der Waals surface area contributed by atoms with Crippen LogP contribution in [0.3, 0.4) is 0 Å². The number of imide groups is 2. The van der Waals surface area contributed by atoms with E-state index in [1.807, 2.05) is 86.6 Å². The second-order valence-electron chi connectivity index (χ2n) is 9.22. The molecule has 0 radical (unpaired) electrons. The average molecular weight is 547 g/mol. The maximum absolute atomic E-state index is 12.9. The largest absolute Gasteiger partial charge is 0.365 e. The van der Waals surface area contributed by atoms with Gasteiger partial charge in [-0.1, -0.05) is 48.5 Å². The first kappa shape index (κ1) is 25.9. The molecule has 2 saturated heterocycles. The Kier molecular flexibility index (Phi) is 7.44. The van der Waals surface area contributed by atoms with Crippen molar-refractivity contribution < 1.29 is 19.2 Å². The van der Waals surface area contributed by atoms with Crippen LogP contribution >= 0.6 is 23.5 Å². The van der Waals surface area contributed by atoms with Crippen LogP contribution < -0.4 is 10.6 Å². The van der Waals surface area contributed by atoms with E-state index in [0.717, 1.165) is 57.2 Å². The van der Waals surface area contributed by atoms with Gasteiger partial charge in [0, 0.05) is 11.4 Å². The summed E-state index contributed by atoms with van der Waals surface area (Å²) in [6.07, 6.45) is 0. The summed E-state index contributed by atoms with van der Waals surface area (Å²) in [6.45, 7) is 4.23. The highest BCUT2D eigenvalue weighted by Crippen LogP contribution is 2.31. The lowest BCUT2D eigenvalue weighted by Gasteiger charge is -2.17. The Balaban J connectivity index is 1.18. The van der Waals surface area contributed by atoms with Gasteiger partial charge in [0.25, 0.3) is 22.3 Å². The zero-order valence-corrected chi connectivity index (χ0v) is 22.5. The normalized spacial score (nSPS) is 19.4. The molecule has 5 rings (SSSR count). The molecule has 2 atom stereocenters. The molecule has 10 heteroatoms. The molecule has 2 aliphatic heterocycles. The van der Waals surface area contributed by atoms with Gasteiger partial charge in [-0.15, -0.1) is 0 Å². The van der Waals surface area contributed by atoms with Gasteiger partial charge >= 0.3 is 0 Å². The lowest BCUT2D eigenvalue weighted by atomic mass is 10.1. The Morgan fingerprint density at radius 1 is 0.632 bits per heavy atom. The zero-order chi connectivity index (χ0) is 26.8. The minimum absolute atomic E-state index is 0.150. The molecular weight excluding hydrogens is 520 g/mol. The molecule has 0 aliphatic carbocycles. The van der Waals surface area contributed by atoms with Crippen molar-refractivity contribution >= 4 is 57.2 Å². The summed E-state index contributed by atoms with van der Waals surface area (Å²) < 4.78 is 0. The van der Waals surface area contributed by atoms with Crippen LogP contribution in [0.5, 0.6) is 0 Å². The summed E-state index contributed by atoms with van der Waals surface area (Å²) >= 11 is 1.93. The molecule has 0 saturated carbocycles. The number of carbonyl (C=O) groups excluding carboxylic acids is 4. The van der Waals surface area contributed by atoms with E-state index in [2.05, 4.69) is 10.6 Å². The number of aryl methyl sites for hydroxylation is 2. The summed E-state index contributed by atoms with van der Waals surface area (Å²) in [5, 5.41) is 4.31. The lowest BCUT2D eigenvalue weighted by Crippen LogP contribution is -2.34. The van der Waals surface area contributed by atoms with E-state index >= 15 is 0 Å². The number of carbonyl (C=O) groups is 4. The summed E-state index contributed by atoms with van der Waals surface area (Å²) in [7, 11) is 0. The van der Waals surface area contributed by atoms with E-state index < -0.39 is 10.7 Å². The lowest BCUT2D eigenvalue weighted by molar-refractivity contribution is -0.127. The molecule has 0 aromatic heterocycles. The van der Waals surface area contributed by atoms with Crippen LogP contribution in [-0.4, -0.2) is 42.8 Å². The van der Waals surface area contributed by atoms with Crippen molar-refractivity contribution in [2.75, 3.05) is 10.6 Å². The van der Waals surface area contributed by atoms with Gasteiger partial charge in [0.2, 0.25) is 0 Å². The molecule has 2 aliphatic rings. The van der Waals surface area contributed by atoms with Crippen LogP contribution in [0, 0.1) is 13.8 Å². The van der Waals surface area contributed by atoms with Crippen LogP contribution in [0.15, 0.2) is 72.8 Å². The van der Waals surface area contributed by atoms with E-state index in [4.69, 9.17) is 0 Å². The minimum atomic E-state index is -0.672. The molecule has 2 fully saturated rings. The zero-order valence-electron chi connectivity index (χ0n) is 20.8. The van der Waals surface area contributed by atoms with E-state index in [0.29, 0.717) is 0 Å². The maximum Gasteiger partial charge on any atom is 0.291 e. The van der Waals surface area contributed by atoms with Crippen molar-refractivity contribution in [1.29, 1.82) is 0 Å². The molecule has 3 aromatic rings. The average Bonchev–Trinajstić information content (AvgIpc) is 3.29. The number of benzene rings is 3. The fourth-order valence-electron chi connectivity index (χ4n) is 4.25. The Morgan fingerprint density at radius 2 is 1.03 bits per heavy atom. The van der Waals surface area contributed by atoms with Crippen molar-refractivity contribution in [2.24, 2.45) is 0 Å². The van der Waals surface area contributed by atoms with Crippen molar-refractivity contribution in [3.05, 3.63) is 95.1 Å². The van der Waals surface area contributed by atoms with Gasteiger partial charge in [0.1, 0.15) is 0 Å². The first-order chi connectivity index (χ1) is 18.3. The van der Waals surface area contributed by atoms with Crippen molar-refractivity contribution in [3.8, 4) is 0 Å². The van der Waals surface area contributed by atoms with Gasteiger partial charge in [-0.2, -0.15) is 0 Å². The van der Waals surface area contributed by atoms with Crippen molar-refractivity contribution in [1.82, 2.24) is 9.80 Å². The Morgan fingerprint density at radius 3 is 1.39 bits per heavy atom. The Labute approximate surface area is 229 Å². The maximum atomic E-state index is 12.9. The van der Waals surface area contributed by atoms with Crippen LogP contribution in [0.25, 0.3) is 0 Å². The van der Waals surface area contributed by atoms with Gasteiger partial charge < -0.3 is 10.6 Å². The highest BCUT2D eigenvalue weighted by molar-refractivity contribution is 8.15. The Bertz CT molecular complexity index is 1310. The number of hydrogen-bond acceptors (Lipinski definition) is 8. The standard InChI is InChI=1S/C28H26N4O4S2/c1-17-5-3-7-21(13-17)29-23-25(33)31(27(35)37-23)15-19-9-11-20(12-10-19)16-32-26(34)24(38-28(32)36)30-22-8-4-6-18(2)14-22/h3-14,23-24,29-30H,15-16H2,1-2H3/t23-,24-/m1/s1. The molecule has 2 heterocycles. The minimum Gasteiger partial charge on any atom is -0.365 e. The molecule has 38 heavy (non-hydrogen) atoms. The quantitative estimate of drug-likeness (QED) is 0.378. The number of nitrogens with zero attached hydrogens (tertiary/aromatic N) is 2. The first-order valence-corrected chi connectivity index (χ1v) is 13.8. The third-order valence-electron chi connectivity index (χ3n) is 6.19. The monoisotopic (exact) mass is 546 g/mol. The van der Waals surface area contributed by atoms with Gasteiger partial charge in [-0.05, 0) is 83.9 Å². The van der Waals surface area contributed by atoms with Crippen LogP contribution in [0.1, 0.15) is 22.3 Å². The molecule has 2 N–H and O–H groups in total. The number of thioether (sulfide) groups is 2. The topological polar surface area (TPSA) is 98.8 Å². The van der Waals surface area contributed by atoms with Crippen molar-refractivity contribution in [2.45, 2.75) is 37.7 Å². The van der Waals surface area contributed by atoms with Gasteiger partial charge in [0.05, 0.1) is 13.1 Å². The van der Waals surface area contributed by atoms with E-state index in [9.17, 15) is 19.2 Å². The molecule has 0 unspecified atom stereocenters. The SMILES string of the molecule is Cc1cccc(N[C@@H]2SC(=O)N(Cc3ccc(CN4C(=O)S[C@@H](Nc5cccc(C)c5)C4=O)cc3)C2=O)c1. The second kappa shape index (κ2) is 10.9. The van der Waals surface area contributed by atoms with E-state index in [-0.39, 0.29) is 35.4 Å². The number of amides is 4. The first-order valence-electron chi connectivity index (χ1n) is 12.0. The molecule has 194 valence electrons. The summed E-state index contributed by atoms with van der Waals surface area (Å²) in [5.41, 5.74) is 5.25. The summed E-state index contributed by atoms with van der Waals surface area (Å²) in [4.78, 5) is 53.3. The Hall–Kier alpha value is -3.76.